The molecule has 0 spiro atoms. The molecule has 1 N–H and O–H groups in total. The lowest BCUT2D eigenvalue weighted by atomic mass is 9.54. The van der Waals surface area contributed by atoms with Crippen molar-refractivity contribution in [2.24, 2.45) is 29.6 Å². The van der Waals surface area contributed by atoms with E-state index in [1.165, 1.54) is 13.8 Å². The van der Waals surface area contributed by atoms with Crippen molar-refractivity contribution in [2.45, 2.75) is 71.0 Å². The molecule has 140 valence electrons. The van der Waals surface area contributed by atoms with Gasteiger partial charge in [-0.25, -0.2) is 0 Å². The Kier molecular flexibility index (Phi) is 5.35. The molecule has 0 amide bonds. The van der Waals surface area contributed by atoms with E-state index in [4.69, 9.17) is 9.47 Å². The molecule has 0 aliphatic heterocycles. The van der Waals surface area contributed by atoms with Gasteiger partial charge in [0.05, 0.1) is 5.92 Å². The molecule has 0 bridgehead atoms. The van der Waals surface area contributed by atoms with Crippen LogP contribution in [-0.2, 0) is 23.9 Å². The van der Waals surface area contributed by atoms with Crippen molar-refractivity contribution in [3.05, 3.63) is 0 Å². The van der Waals surface area contributed by atoms with Gasteiger partial charge in [0.1, 0.15) is 12.2 Å². The summed E-state index contributed by atoms with van der Waals surface area (Å²) in [6.07, 6.45) is 5.57. The van der Waals surface area contributed by atoms with Crippen LogP contribution in [0.2, 0.25) is 0 Å². The second-order valence-electron chi connectivity index (χ2n) is 7.88. The highest BCUT2D eigenvalue weighted by molar-refractivity contribution is 5.71. The molecule has 3 aliphatic carbocycles. The molecule has 3 aliphatic rings. The van der Waals surface area contributed by atoms with Gasteiger partial charge in [0.25, 0.3) is 0 Å². The van der Waals surface area contributed by atoms with Crippen molar-refractivity contribution in [1.29, 1.82) is 0 Å². The lowest BCUT2D eigenvalue weighted by molar-refractivity contribution is -0.204. The summed E-state index contributed by atoms with van der Waals surface area (Å²) in [5.74, 6) is -2.09. The minimum absolute atomic E-state index is 0.0394. The second kappa shape index (κ2) is 7.34. The monoisotopic (exact) mass is 352 g/mol. The quantitative estimate of drug-likeness (QED) is 0.786. The molecule has 6 heteroatoms. The third-order valence-corrected chi connectivity index (χ3v) is 6.45. The normalized spacial score (nSPS) is 40.3. The molecule has 7 unspecified atom stereocenters. The first kappa shape index (κ1) is 18.2. The smallest absolute Gasteiger partial charge is 0.306 e. The molecule has 3 saturated carbocycles. The molecule has 6 nitrogen and oxygen atoms in total. The van der Waals surface area contributed by atoms with Gasteiger partial charge in [0.2, 0.25) is 0 Å². The van der Waals surface area contributed by atoms with E-state index in [0.717, 1.165) is 38.5 Å². The van der Waals surface area contributed by atoms with Crippen LogP contribution in [0.15, 0.2) is 0 Å². The first-order valence-corrected chi connectivity index (χ1v) is 9.47. The van der Waals surface area contributed by atoms with Crippen molar-refractivity contribution in [3.63, 3.8) is 0 Å². The Morgan fingerprint density at radius 1 is 0.760 bits per heavy atom. The number of hydrogen-bond acceptors (Lipinski definition) is 5. The lowest BCUT2D eigenvalue weighted by Crippen LogP contribution is -2.59. The minimum atomic E-state index is -0.831. The summed E-state index contributed by atoms with van der Waals surface area (Å²) in [5.41, 5.74) is 0. The van der Waals surface area contributed by atoms with Gasteiger partial charge >= 0.3 is 17.9 Å². The van der Waals surface area contributed by atoms with E-state index >= 15 is 0 Å². The van der Waals surface area contributed by atoms with E-state index in [0.29, 0.717) is 6.42 Å². The van der Waals surface area contributed by atoms with Crippen LogP contribution in [0.1, 0.15) is 58.8 Å². The number of aliphatic carboxylic acids is 1. The van der Waals surface area contributed by atoms with Gasteiger partial charge in [-0.2, -0.15) is 0 Å². The van der Waals surface area contributed by atoms with Crippen molar-refractivity contribution in [1.82, 2.24) is 0 Å². The predicted octanol–water partition coefficient (Wildman–Crippen LogP) is 2.79. The van der Waals surface area contributed by atoms with E-state index in [1.54, 1.807) is 0 Å². The lowest BCUT2D eigenvalue weighted by Gasteiger charge is -2.55. The Balaban J connectivity index is 2.00. The average molecular weight is 352 g/mol. The molecule has 0 heterocycles. The highest BCUT2D eigenvalue weighted by atomic mass is 16.6. The summed E-state index contributed by atoms with van der Waals surface area (Å²) in [6.45, 7) is 2.81. The standard InChI is InChI=1S/C19H28O6/c1-10(20)24-17-12-6-3-4-7-13(12)18(25-11(2)21)16-14(17)8-5-9-15(16)19(22)23/h12-18H,3-9H2,1-2H3,(H,22,23). The van der Waals surface area contributed by atoms with Crippen molar-refractivity contribution in [3.8, 4) is 0 Å². The van der Waals surface area contributed by atoms with Gasteiger partial charge in [-0.3, -0.25) is 14.4 Å². The van der Waals surface area contributed by atoms with Crippen LogP contribution in [0.5, 0.6) is 0 Å². The van der Waals surface area contributed by atoms with Gasteiger partial charge in [-0.15, -0.1) is 0 Å². The maximum atomic E-state index is 11.9. The number of carboxylic acid groups (broad SMARTS) is 1. The number of hydrogen-bond donors (Lipinski definition) is 1. The maximum absolute atomic E-state index is 11.9. The summed E-state index contributed by atoms with van der Waals surface area (Å²) in [7, 11) is 0. The first-order valence-electron chi connectivity index (χ1n) is 9.47. The van der Waals surface area contributed by atoms with Crippen LogP contribution in [0.25, 0.3) is 0 Å². The molecule has 0 aromatic carbocycles. The summed E-state index contributed by atoms with van der Waals surface area (Å²) < 4.78 is 11.5. The zero-order valence-corrected chi connectivity index (χ0v) is 15.0. The third kappa shape index (κ3) is 3.53. The van der Waals surface area contributed by atoms with Gasteiger partial charge in [0, 0.05) is 37.5 Å². The van der Waals surface area contributed by atoms with Crippen LogP contribution in [0, 0.1) is 29.6 Å². The fourth-order valence-electron chi connectivity index (χ4n) is 5.73. The van der Waals surface area contributed by atoms with Crippen molar-refractivity contribution in [2.75, 3.05) is 0 Å². The van der Waals surface area contributed by atoms with E-state index < -0.39 is 11.9 Å². The number of fused-ring (bicyclic) bond motifs is 2. The van der Waals surface area contributed by atoms with Gasteiger partial charge in [-0.1, -0.05) is 19.3 Å². The first-order chi connectivity index (χ1) is 11.9. The fourth-order valence-corrected chi connectivity index (χ4v) is 5.73. The SMILES string of the molecule is CC(=O)OC1C2CCCCC2C(OC(C)=O)C2C(C(=O)O)CCCC12. The fraction of sp³-hybridized carbons (Fsp3) is 0.842. The van der Waals surface area contributed by atoms with Crippen LogP contribution in [0.4, 0.5) is 0 Å². The van der Waals surface area contributed by atoms with Gasteiger partial charge in [-0.05, 0) is 25.7 Å². The highest BCUT2D eigenvalue weighted by Gasteiger charge is 2.57. The highest BCUT2D eigenvalue weighted by Crippen LogP contribution is 2.54. The Morgan fingerprint density at radius 2 is 1.28 bits per heavy atom. The Labute approximate surface area is 148 Å². The number of ether oxygens (including phenoxy) is 2. The van der Waals surface area contributed by atoms with Crippen LogP contribution >= 0.6 is 0 Å². The summed E-state index contributed by atoms with van der Waals surface area (Å²) in [4.78, 5) is 35.3. The Hall–Kier alpha value is -1.59. The minimum Gasteiger partial charge on any atom is -0.481 e. The number of carbonyl (C=O) groups excluding carboxylic acids is 2. The second-order valence-corrected chi connectivity index (χ2v) is 7.88. The topological polar surface area (TPSA) is 89.9 Å². The molecule has 3 fully saturated rings. The molecule has 0 radical (unpaired) electrons. The van der Waals surface area contributed by atoms with Gasteiger partial charge in [0.15, 0.2) is 0 Å². The van der Waals surface area contributed by atoms with E-state index in [-0.39, 0.29) is 47.8 Å². The number of rotatable bonds is 3. The third-order valence-electron chi connectivity index (χ3n) is 6.45. The summed E-state index contributed by atoms with van der Waals surface area (Å²) >= 11 is 0. The molecular weight excluding hydrogens is 324 g/mol. The van der Waals surface area contributed by atoms with Crippen molar-refractivity contribution >= 4 is 17.9 Å². The van der Waals surface area contributed by atoms with E-state index in [9.17, 15) is 19.5 Å². The maximum Gasteiger partial charge on any atom is 0.306 e. The zero-order chi connectivity index (χ0) is 18.1. The average Bonchev–Trinajstić information content (AvgIpc) is 2.56. The van der Waals surface area contributed by atoms with Gasteiger partial charge < -0.3 is 14.6 Å². The molecule has 0 saturated heterocycles. The number of carboxylic acids is 1. The van der Waals surface area contributed by atoms with E-state index in [2.05, 4.69) is 0 Å². The number of esters is 2. The number of carbonyl (C=O) groups is 3. The predicted molar refractivity (Wildman–Crippen MR) is 88.5 cm³/mol. The van der Waals surface area contributed by atoms with Crippen LogP contribution in [0.3, 0.4) is 0 Å². The molecule has 3 rings (SSSR count). The Bertz CT molecular complexity index is 544. The molecule has 0 aromatic heterocycles. The van der Waals surface area contributed by atoms with Crippen molar-refractivity contribution < 1.29 is 29.0 Å². The molecule has 7 atom stereocenters. The van der Waals surface area contributed by atoms with E-state index in [1.807, 2.05) is 0 Å². The zero-order valence-electron chi connectivity index (χ0n) is 15.0. The molecule has 0 aromatic rings. The van der Waals surface area contributed by atoms with Crippen LogP contribution in [-0.4, -0.2) is 35.2 Å². The van der Waals surface area contributed by atoms with Crippen LogP contribution < -0.4 is 0 Å². The summed E-state index contributed by atoms with van der Waals surface area (Å²) in [6, 6.07) is 0. The Morgan fingerprint density at radius 3 is 1.84 bits per heavy atom. The largest absolute Gasteiger partial charge is 0.481 e. The molecular formula is C19H28O6. The molecule has 25 heavy (non-hydrogen) atoms. The summed E-state index contributed by atoms with van der Waals surface area (Å²) in [5, 5.41) is 9.75.